The van der Waals surface area contributed by atoms with Gasteiger partial charge >= 0.3 is 5.97 Å². The van der Waals surface area contributed by atoms with E-state index in [0.717, 1.165) is 4.47 Å². The second kappa shape index (κ2) is 6.47. The van der Waals surface area contributed by atoms with E-state index in [1.54, 1.807) is 30.9 Å². The van der Waals surface area contributed by atoms with E-state index in [0.29, 0.717) is 18.7 Å². The number of carboxylic acids is 1. The number of ether oxygens (including phenoxy) is 1. The highest BCUT2D eigenvalue weighted by molar-refractivity contribution is 9.10. The molecule has 1 saturated heterocycles. The highest BCUT2D eigenvalue weighted by atomic mass is 79.9. The zero-order valence-corrected chi connectivity index (χ0v) is 13.5. The third-order valence-corrected chi connectivity index (χ3v) is 4.36. The zero-order chi connectivity index (χ0) is 15.6. The van der Waals surface area contributed by atoms with Crippen molar-refractivity contribution in [2.24, 2.45) is 5.92 Å². The van der Waals surface area contributed by atoms with Gasteiger partial charge in [-0.05, 0) is 44.5 Å². The number of carbonyl (C=O) groups is 2. The molecule has 6 heteroatoms. The summed E-state index contributed by atoms with van der Waals surface area (Å²) in [5, 5.41) is 9.11. The molecule has 3 atom stereocenters. The lowest BCUT2D eigenvalue weighted by Gasteiger charge is -2.26. The van der Waals surface area contributed by atoms with Crippen LogP contribution in [0.15, 0.2) is 28.7 Å². The summed E-state index contributed by atoms with van der Waals surface area (Å²) in [4.78, 5) is 25.1. The number of hydrogen-bond acceptors (Lipinski definition) is 3. The van der Waals surface area contributed by atoms with Gasteiger partial charge in [0.05, 0.1) is 5.92 Å². The molecule has 1 heterocycles. The molecule has 114 valence electrons. The molecule has 0 bridgehead atoms. The number of hydrogen-bond donors (Lipinski definition) is 1. The second-order valence-corrected chi connectivity index (χ2v) is 6.14. The number of rotatable bonds is 4. The van der Waals surface area contributed by atoms with Crippen LogP contribution in [0.3, 0.4) is 0 Å². The fraction of sp³-hybridized carbons (Fsp3) is 0.467. The number of amides is 1. The molecule has 1 aliphatic rings. The number of halogens is 1. The minimum absolute atomic E-state index is 0.172. The van der Waals surface area contributed by atoms with Gasteiger partial charge in [-0.2, -0.15) is 0 Å². The predicted molar refractivity (Wildman–Crippen MR) is 81.1 cm³/mol. The predicted octanol–water partition coefficient (Wildman–Crippen LogP) is 2.54. The van der Waals surface area contributed by atoms with Crippen LogP contribution in [0.5, 0.6) is 5.75 Å². The second-order valence-electron chi connectivity index (χ2n) is 5.22. The molecule has 0 aliphatic carbocycles. The van der Waals surface area contributed by atoms with Crippen molar-refractivity contribution < 1.29 is 19.4 Å². The van der Waals surface area contributed by atoms with Crippen molar-refractivity contribution >= 4 is 27.8 Å². The van der Waals surface area contributed by atoms with Gasteiger partial charge in [0.2, 0.25) is 0 Å². The van der Waals surface area contributed by atoms with Crippen molar-refractivity contribution in [3.05, 3.63) is 28.7 Å². The topological polar surface area (TPSA) is 66.8 Å². The number of benzene rings is 1. The molecule has 1 aromatic rings. The van der Waals surface area contributed by atoms with Crippen LogP contribution in [-0.4, -0.2) is 40.6 Å². The Labute approximate surface area is 132 Å². The molecule has 0 saturated carbocycles. The summed E-state index contributed by atoms with van der Waals surface area (Å²) in [7, 11) is 0. The summed E-state index contributed by atoms with van der Waals surface area (Å²) in [5.41, 5.74) is 0. The Balaban J connectivity index is 1.99. The van der Waals surface area contributed by atoms with Gasteiger partial charge in [-0.25, -0.2) is 0 Å². The monoisotopic (exact) mass is 355 g/mol. The van der Waals surface area contributed by atoms with E-state index in [1.165, 1.54) is 0 Å². The Morgan fingerprint density at radius 3 is 2.52 bits per heavy atom. The van der Waals surface area contributed by atoms with Gasteiger partial charge in [-0.3, -0.25) is 9.59 Å². The molecular formula is C15H18BrNO4. The lowest BCUT2D eigenvalue weighted by molar-refractivity contribution is -0.144. The molecule has 21 heavy (non-hydrogen) atoms. The third kappa shape index (κ3) is 3.56. The summed E-state index contributed by atoms with van der Waals surface area (Å²) in [5.74, 6) is -0.900. The molecule has 3 unspecified atom stereocenters. The quantitative estimate of drug-likeness (QED) is 0.900. The summed E-state index contributed by atoms with van der Waals surface area (Å²) in [6.45, 7) is 3.92. The summed E-state index contributed by atoms with van der Waals surface area (Å²) < 4.78 is 6.56. The van der Waals surface area contributed by atoms with E-state index in [1.807, 2.05) is 12.1 Å². The summed E-state index contributed by atoms with van der Waals surface area (Å²) >= 11 is 3.34. The molecular weight excluding hydrogens is 338 g/mol. The number of carbonyl (C=O) groups excluding carboxylic acids is 1. The average molecular weight is 356 g/mol. The van der Waals surface area contributed by atoms with Crippen LogP contribution < -0.4 is 4.74 Å². The number of carboxylic acid groups (broad SMARTS) is 1. The molecule has 0 radical (unpaired) electrons. The van der Waals surface area contributed by atoms with Gasteiger partial charge in [0.1, 0.15) is 5.75 Å². The maximum absolute atomic E-state index is 12.4. The largest absolute Gasteiger partial charge is 0.481 e. The van der Waals surface area contributed by atoms with Gasteiger partial charge in [-0.15, -0.1) is 0 Å². The Hall–Kier alpha value is -1.56. The Kier molecular flexibility index (Phi) is 4.88. The van der Waals surface area contributed by atoms with E-state index in [-0.39, 0.29) is 11.9 Å². The molecule has 1 aromatic carbocycles. The molecule has 1 aliphatic heterocycles. The minimum Gasteiger partial charge on any atom is -0.481 e. The highest BCUT2D eigenvalue weighted by Crippen LogP contribution is 2.26. The van der Waals surface area contributed by atoms with E-state index in [2.05, 4.69) is 15.9 Å². The summed E-state index contributed by atoms with van der Waals surface area (Å²) in [6, 6.07) is 6.94. The van der Waals surface area contributed by atoms with Crippen LogP contribution in [-0.2, 0) is 9.59 Å². The van der Waals surface area contributed by atoms with Crippen molar-refractivity contribution in [1.29, 1.82) is 0 Å². The maximum atomic E-state index is 12.4. The van der Waals surface area contributed by atoms with Gasteiger partial charge in [0.25, 0.3) is 5.91 Å². The Bertz CT molecular complexity index is 531. The van der Waals surface area contributed by atoms with E-state index in [9.17, 15) is 9.59 Å². The lowest BCUT2D eigenvalue weighted by Crippen LogP contribution is -2.44. The van der Waals surface area contributed by atoms with E-state index >= 15 is 0 Å². The van der Waals surface area contributed by atoms with Crippen LogP contribution in [0.1, 0.15) is 20.3 Å². The van der Waals surface area contributed by atoms with Gasteiger partial charge in [0.15, 0.2) is 6.10 Å². The van der Waals surface area contributed by atoms with Crippen molar-refractivity contribution in [2.45, 2.75) is 32.4 Å². The number of aliphatic carboxylic acids is 1. The number of nitrogens with zero attached hydrogens (tertiary/aromatic N) is 1. The fourth-order valence-electron chi connectivity index (χ4n) is 2.58. The summed E-state index contributed by atoms with van der Waals surface area (Å²) in [6.07, 6.45) is -0.145. The molecule has 1 N–H and O–H groups in total. The smallest absolute Gasteiger partial charge is 0.308 e. The van der Waals surface area contributed by atoms with Crippen molar-refractivity contribution in [3.8, 4) is 5.75 Å². The van der Waals surface area contributed by atoms with Crippen LogP contribution in [0.4, 0.5) is 0 Å². The standard InChI is InChI=1S/C15H18BrNO4/c1-9-13(15(19)20)7-8-17(9)14(18)10(2)21-12-5-3-11(16)4-6-12/h3-6,9-10,13H,7-8H2,1-2H3,(H,19,20). The van der Waals surface area contributed by atoms with Crippen molar-refractivity contribution in [2.75, 3.05) is 6.54 Å². The first kappa shape index (κ1) is 15.8. The Morgan fingerprint density at radius 2 is 2.00 bits per heavy atom. The highest BCUT2D eigenvalue weighted by Gasteiger charge is 2.39. The van der Waals surface area contributed by atoms with Gasteiger partial charge in [0, 0.05) is 17.1 Å². The minimum atomic E-state index is -0.848. The molecule has 0 spiro atoms. The zero-order valence-electron chi connectivity index (χ0n) is 12.0. The van der Waals surface area contributed by atoms with Crippen LogP contribution in [0.25, 0.3) is 0 Å². The molecule has 5 nitrogen and oxygen atoms in total. The normalized spacial score (nSPS) is 22.9. The fourth-order valence-corrected chi connectivity index (χ4v) is 2.85. The van der Waals surface area contributed by atoms with Crippen LogP contribution in [0, 0.1) is 5.92 Å². The Morgan fingerprint density at radius 1 is 1.38 bits per heavy atom. The van der Waals surface area contributed by atoms with Crippen molar-refractivity contribution in [3.63, 3.8) is 0 Å². The van der Waals surface area contributed by atoms with Crippen LogP contribution in [0.2, 0.25) is 0 Å². The van der Waals surface area contributed by atoms with E-state index in [4.69, 9.17) is 9.84 Å². The van der Waals surface area contributed by atoms with Gasteiger partial charge in [-0.1, -0.05) is 15.9 Å². The van der Waals surface area contributed by atoms with Crippen LogP contribution >= 0.6 is 15.9 Å². The molecule has 1 fully saturated rings. The third-order valence-electron chi connectivity index (χ3n) is 3.83. The van der Waals surface area contributed by atoms with Crippen molar-refractivity contribution in [1.82, 2.24) is 4.90 Å². The molecule has 0 aromatic heterocycles. The molecule has 1 amide bonds. The van der Waals surface area contributed by atoms with E-state index < -0.39 is 18.0 Å². The number of likely N-dealkylation sites (tertiary alicyclic amines) is 1. The first-order valence-corrected chi connectivity index (χ1v) is 7.65. The van der Waals surface area contributed by atoms with Gasteiger partial charge < -0.3 is 14.7 Å². The average Bonchev–Trinajstić information content (AvgIpc) is 2.82. The molecule has 2 rings (SSSR count). The lowest BCUT2D eigenvalue weighted by atomic mass is 10.0. The maximum Gasteiger partial charge on any atom is 0.308 e. The first-order chi connectivity index (χ1) is 9.90. The SMILES string of the molecule is CC(Oc1ccc(Br)cc1)C(=O)N1CCC(C(=O)O)C1C. The first-order valence-electron chi connectivity index (χ1n) is 6.85.